The summed E-state index contributed by atoms with van der Waals surface area (Å²) in [5, 5.41) is -0.493. The van der Waals surface area contributed by atoms with Crippen LogP contribution in [-0.2, 0) is 16.0 Å². The fourth-order valence-electron chi connectivity index (χ4n) is 1.06. The molecule has 0 aliphatic rings. The summed E-state index contributed by atoms with van der Waals surface area (Å²) in [5.41, 5.74) is -0.992. The summed E-state index contributed by atoms with van der Waals surface area (Å²) in [7, 11) is 1.14. The molecule has 16 heavy (non-hydrogen) atoms. The molecular weight excluding hydrogens is 247 g/mol. The summed E-state index contributed by atoms with van der Waals surface area (Å²) >= 11 is 5.54. The molecule has 0 saturated carbocycles. The van der Waals surface area contributed by atoms with Crippen molar-refractivity contribution in [1.29, 1.82) is 0 Å². The largest absolute Gasteiger partial charge is 0.469 e. The predicted molar refractivity (Wildman–Crippen MR) is 49.9 cm³/mol. The zero-order valence-electron chi connectivity index (χ0n) is 8.14. The van der Waals surface area contributed by atoms with Crippen LogP contribution >= 0.6 is 11.6 Å². The maximum absolute atomic E-state index is 12.9. The SMILES string of the molecule is COC(=O)Cc1cnc(F)c(C(F)F)c1Cl. The lowest BCUT2D eigenvalue weighted by Gasteiger charge is -2.08. The number of carbonyl (C=O) groups excluding carboxylic acids is 1. The highest BCUT2D eigenvalue weighted by molar-refractivity contribution is 6.32. The van der Waals surface area contributed by atoms with Crippen LogP contribution in [0.25, 0.3) is 0 Å². The van der Waals surface area contributed by atoms with E-state index in [9.17, 15) is 18.0 Å². The molecule has 0 saturated heterocycles. The predicted octanol–water partition coefficient (Wildman–Crippen LogP) is 2.53. The van der Waals surface area contributed by atoms with Crippen molar-refractivity contribution < 1.29 is 22.7 Å². The fourth-order valence-corrected chi connectivity index (χ4v) is 1.34. The Bertz CT molecular complexity index is 412. The van der Waals surface area contributed by atoms with Crippen molar-refractivity contribution in [2.24, 2.45) is 0 Å². The maximum Gasteiger partial charge on any atom is 0.310 e. The second-order valence-electron chi connectivity index (χ2n) is 2.86. The average Bonchev–Trinajstić information content (AvgIpc) is 2.21. The van der Waals surface area contributed by atoms with Gasteiger partial charge >= 0.3 is 5.97 Å². The van der Waals surface area contributed by atoms with E-state index in [-0.39, 0.29) is 12.0 Å². The minimum Gasteiger partial charge on any atom is -0.469 e. The van der Waals surface area contributed by atoms with Crippen LogP contribution in [-0.4, -0.2) is 18.1 Å². The van der Waals surface area contributed by atoms with Gasteiger partial charge in [0.15, 0.2) is 0 Å². The molecule has 1 rings (SSSR count). The van der Waals surface area contributed by atoms with E-state index in [1.165, 1.54) is 0 Å². The lowest BCUT2D eigenvalue weighted by Crippen LogP contribution is -2.08. The van der Waals surface area contributed by atoms with Gasteiger partial charge in [0.25, 0.3) is 6.43 Å². The topological polar surface area (TPSA) is 39.2 Å². The first-order valence-electron chi connectivity index (χ1n) is 4.15. The van der Waals surface area contributed by atoms with Crippen molar-refractivity contribution >= 4 is 17.6 Å². The monoisotopic (exact) mass is 253 g/mol. The molecule has 0 aliphatic heterocycles. The van der Waals surface area contributed by atoms with Crippen LogP contribution in [0, 0.1) is 5.95 Å². The van der Waals surface area contributed by atoms with Gasteiger partial charge in [-0.3, -0.25) is 4.79 Å². The lowest BCUT2D eigenvalue weighted by atomic mass is 10.1. The summed E-state index contributed by atoms with van der Waals surface area (Å²) in [6.07, 6.45) is -2.49. The van der Waals surface area contributed by atoms with E-state index in [4.69, 9.17) is 11.6 Å². The van der Waals surface area contributed by atoms with Crippen molar-refractivity contribution in [3.63, 3.8) is 0 Å². The molecule has 0 atom stereocenters. The standard InChI is InChI=1S/C9H7ClF3NO2/c1-16-5(15)2-4-3-14-9(13)6(7(4)10)8(11)12/h3,8H,2H2,1H3. The minimum absolute atomic E-state index is 0.00483. The first-order valence-corrected chi connectivity index (χ1v) is 4.53. The van der Waals surface area contributed by atoms with Crippen molar-refractivity contribution in [3.8, 4) is 0 Å². The molecule has 0 radical (unpaired) electrons. The van der Waals surface area contributed by atoms with Crippen molar-refractivity contribution in [2.45, 2.75) is 12.8 Å². The molecule has 3 nitrogen and oxygen atoms in total. The van der Waals surface area contributed by atoms with Gasteiger partial charge in [-0.15, -0.1) is 0 Å². The van der Waals surface area contributed by atoms with Crippen LogP contribution in [0.15, 0.2) is 6.20 Å². The molecule has 1 aromatic rings. The Kier molecular flexibility index (Phi) is 4.12. The Morgan fingerprint density at radius 2 is 2.25 bits per heavy atom. The van der Waals surface area contributed by atoms with Crippen LogP contribution in [0.5, 0.6) is 0 Å². The molecule has 0 bridgehead atoms. The number of methoxy groups -OCH3 is 1. The third-order valence-corrected chi connectivity index (χ3v) is 2.30. The third kappa shape index (κ3) is 2.63. The van der Waals surface area contributed by atoms with E-state index in [1.807, 2.05) is 0 Å². The fraction of sp³-hybridized carbons (Fsp3) is 0.333. The summed E-state index contributed by atoms with van der Waals surface area (Å²) in [4.78, 5) is 14.0. The van der Waals surface area contributed by atoms with Crippen molar-refractivity contribution in [1.82, 2.24) is 4.98 Å². The Labute approximate surface area is 94.2 Å². The number of halogens is 4. The van der Waals surface area contributed by atoms with E-state index in [0.717, 1.165) is 13.3 Å². The first-order chi connectivity index (χ1) is 7.47. The van der Waals surface area contributed by atoms with E-state index in [0.29, 0.717) is 0 Å². The van der Waals surface area contributed by atoms with E-state index < -0.39 is 28.9 Å². The summed E-state index contributed by atoms with van der Waals surface area (Å²) in [5.74, 6) is -2.01. The lowest BCUT2D eigenvalue weighted by molar-refractivity contribution is -0.139. The molecule has 0 spiro atoms. The number of esters is 1. The molecule has 0 N–H and O–H groups in total. The van der Waals surface area contributed by atoms with Crippen molar-refractivity contribution in [2.75, 3.05) is 7.11 Å². The normalized spacial score (nSPS) is 10.6. The van der Waals surface area contributed by atoms with Crippen LogP contribution in [0.2, 0.25) is 5.02 Å². The number of nitrogens with zero attached hydrogens (tertiary/aromatic N) is 1. The highest BCUT2D eigenvalue weighted by Crippen LogP contribution is 2.31. The van der Waals surface area contributed by atoms with Gasteiger partial charge in [-0.1, -0.05) is 11.6 Å². The molecule has 88 valence electrons. The van der Waals surface area contributed by atoms with Gasteiger partial charge in [0.1, 0.15) is 0 Å². The number of hydrogen-bond acceptors (Lipinski definition) is 3. The number of rotatable bonds is 3. The third-order valence-electron chi connectivity index (χ3n) is 1.86. The summed E-state index contributed by atoms with van der Waals surface area (Å²) in [6, 6.07) is 0. The summed E-state index contributed by atoms with van der Waals surface area (Å²) in [6.45, 7) is 0. The van der Waals surface area contributed by atoms with E-state index in [2.05, 4.69) is 9.72 Å². The van der Waals surface area contributed by atoms with Gasteiger partial charge in [-0.25, -0.2) is 13.8 Å². The minimum atomic E-state index is -3.09. The van der Waals surface area contributed by atoms with Gasteiger partial charge in [-0.05, 0) is 0 Å². The van der Waals surface area contributed by atoms with Crippen LogP contribution in [0.4, 0.5) is 13.2 Å². The Hall–Kier alpha value is -1.30. The average molecular weight is 254 g/mol. The van der Waals surface area contributed by atoms with Crippen LogP contribution in [0.1, 0.15) is 17.6 Å². The zero-order chi connectivity index (χ0) is 12.3. The number of hydrogen-bond donors (Lipinski definition) is 0. The van der Waals surface area contributed by atoms with Gasteiger partial charge in [0.05, 0.1) is 24.1 Å². The Balaban J connectivity index is 3.13. The molecule has 1 aromatic heterocycles. The highest BCUT2D eigenvalue weighted by atomic mass is 35.5. The zero-order valence-corrected chi connectivity index (χ0v) is 8.89. The summed E-state index contributed by atoms with van der Waals surface area (Å²) < 4.78 is 42.1. The molecule has 0 unspecified atom stereocenters. The van der Waals surface area contributed by atoms with Crippen LogP contribution < -0.4 is 0 Å². The van der Waals surface area contributed by atoms with E-state index >= 15 is 0 Å². The van der Waals surface area contributed by atoms with Gasteiger partial charge in [-0.2, -0.15) is 4.39 Å². The number of aromatic nitrogens is 1. The van der Waals surface area contributed by atoms with Gasteiger partial charge < -0.3 is 4.74 Å². The van der Waals surface area contributed by atoms with Gasteiger partial charge in [0.2, 0.25) is 5.95 Å². The smallest absolute Gasteiger partial charge is 0.310 e. The second kappa shape index (κ2) is 5.16. The Morgan fingerprint density at radius 1 is 1.62 bits per heavy atom. The van der Waals surface area contributed by atoms with Gasteiger partial charge in [0, 0.05) is 11.8 Å². The first kappa shape index (κ1) is 12.8. The van der Waals surface area contributed by atoms with Crippen molar-refractivity contribution in [3.05, 3.63) is 28.3 Å². The second-order valence-corrected chi connectivity index (χ2v) is 3.23. The number of pyridine rings is 1. The number of ether oxygens (including phenoxy) is 1. The highest BCUT2D eigenvalue weighted by Gasteiger charge is 2.22. The molecule has 0 fully saturated rings. The molecule has 0 amide bonds. The molecule has 0 aromatic carbocycles. The van der Waals surface area contributed by atoms with E-state index in [1.54, 1.807) is 0 Å². The number of carbonyl (C=O) groups is 1. The van der Waals surface area contributed by atoms with Crippen LogP contribution in [0.3, 0.4) is 0 Å². The molecular formula is C9H7ClF3NO2. The maximum atomic E-state index is 12.9. The molecule has 0 aliphatic carbocycles. The molecule has 1 heterocycles. The Morgan fingerprint density at radius 3 is 2.75 bits per heavy atom. The number of alkyl halides is 2. The molecule has 7 heteroatoms. The quantitative estimate of drug-likeness (QED) is 0.614.